The largest absolute Gasteiger partial charge is 0.329 e. The summed E-state index contributed by atoms with van der Waals surface area (Å²) in [6.45, 7) is 3.70. The fourth-order valence-corrected chi connectivity index (χ4v) is 3.83. The first-order valence-electron chi connectivity index (χ1n) is 6.29. The average Bonchev–Trinajstić information content (AvgIpc) is 3.15. The van der Waals surface area contributed by atoms with E-state index in [1.807, 2.05) is 0 Å². The molecular weight excluding hydrogens is 267 g/mol. The predicted molar refractivity (Wildman–Crippen MR) is 71.6 cm³/mol. The minimum atomic E-state index is -3.89. The standard InChI is InChI=1S/C13H19FN2O2S/c1-9-3-6-11(14)12(7-9)19(17,18)16-13(2,8-15)10-4-5-10/h3,6-7,10,16H,4-5,8,15H2,1-2H3/t13-/m1/s1. The number of benzene rings is 1. The van der Waals surface area contributed by atoms with Crippen LogP contribution in [0.15, 0.2) is 23.1 Å². The molecule has 0 saturated heterocycles. The van der Waals surface area contributed by atoms with Crippen molar-refractivity contribution in [2.45, 2.75) is 37.1 Å². The Balaban J connectivity index is 2.34. The number of nitrogens with two attached hydrogens (primary N) is 1. The Morgan fingerprint density at radius 3 is 2.63 bits per heavy atom. The second-order valence-corrected chi connectivity index (χ2v) is 7.09. The highest BCUT2D eigenvalue weighted by molar-refractivity contribution is 7.89. The average molecular weight is 286 g/mol. The topological polar surface area (TPSA) is 72.2 Å². The van der Waals surface area contributed by atoms with E-state index in [-0.39, 0.29) is 17.4 Å². The van der Waals surface area contributed by atoms with Crippen LogP contribution in [-0.2, 0) is 10.0 Å². The molecule has 0 heterocycles. The molecule has 0 amide bonds. The van der Waals surface area contributed by atoms with Gasteiger partial charge in [0.15, 0.2) is 0 Å². The number of rotatable bonds is 5. The third kappa shape index (κ3) is 2.96. The van der Waals surface area contributed by atoms with Crippen LogP contribution in [0.5, 0.6) is 0 Å². The van der Waals surface area contributed by atoms with E-state index in [9.17, 15) is 12.8 Å². The van der Waals surface area contributed by atoms with Crippen molar-refractivity contribution in [1.29, 1.82) is 0 Å². The first kappa shape index (κ1) is 14.4. The number of hydrogen-bond acceptors (Lipinski definition) is 3. The molecule has 4 nitrogen and oxygen atoms in total. The Morgan fingerprint density at radius 2 is 2.11 bits per heavy atom. The minimum absolute atomic E-state index is 0.199. The Hall–Kier alpha value is -0.980. The normalized spacial score (nSPS) is 19.2. The Labute approximate surface area is 113 Å². The van der Waals surface area contributed by atoms with Gasteiger partial charge in [0.25, 0.3) is 0 Å². The molecule has 0 spiro atoms. The highest BCUT2D eigenvalue weighted by atomic mass is 32.2. The number of hydrogen-bond donors (Lipinski definition) is 2. The van der Waals surface area contributed by atoms with Crippen LogP contribution in [0.3, 0.4) is 0 Å². The molecule has 19 heavy (non-hydrogen) atoms. The van der Waals surface area contributed by atoms with Gasteiger partial charge in [-0.1, -0.05) is 6.07 Å². The zero-order valence-corrected chi connectivity index (χ0v) is 11.9. The fraction of sp³-hybridized carbons (Fsp3) is 0.538. The van der Waals surface area contributed by atoms with Gasteiger partial charge < -0.3 is 5.73 Å². The van der Waals surface area contributed by atoms with Crippen LogP contribution >= 0.6 is 0 Å². The van der Waals surface area contributed by atoms with Crippen molar-refractivity contribution in [3.05, 3.63) is 29.6 Å². The smallest absolute Gasteiger partial charge is 0.244 e. The molecule has 0 radical (unpaired) electrons. The first-order chi connectivity index (χ1) is 8.78. The van der Waals surface area contributed by atoms with Gasteiger partial charge in [-0.15, -0.1) is 0 Å². The van der Waals surface area contributed by atoms with Gasteiger partial charge >= 0.3 is 0 Å². The van der Waals surface area contributed by atoms with E-state index in [1.165, 1.54) is 18.2 Å². The van der Waals surface area contributed by atoms with Gasteiger partial charge in [-0.25, -0.2) is 17.5 Å². The maximum Gasteiger partial charge on any atom is 0.244 e. The molecule has 106 valence electrons. The Kier molecular flexibility index (Phi) is 3.68. The summed E-state index contributed by atoms with van der Waals surface area (Å²) in [5, 5.41) is 0. The van der Waals surface area contributed by atoms with Gasteiger partial charge in [0.05, 0.1) is 0 Å². The lowest BCUT2D eigenvalue weighted by molar-refractivity contribution is 0.373. The quantitative estimate of drug-likeness (QED) is 0.862. The highest BCUT2D eigenvalue weighted by Gasteiger charge is 2.43. The van der Waals surface area contributed by atoms with Gasteiger partial charge in [0.2, 0.25) is 10.0 Å². The van der Waals surface area contributed by atoms with E-state index < -0.39 is 21.4 Å². The van der Waals surface area contributed by atoms with Crippen LogP contribution in [0.1, 0.15) is 25.3 Å². The van der Waals surface area contributed by atoms with E-state index >= 15 is 0 Å². The molecule has 1 aliphatic carbocycles. The lowest BCUT2D eigenvalue weighted by Crippen LogP contribution is -2.53. The maximum absolute atomic E-state index is 13.7. The van der Waals surface area contributed by atoms with Gasteiger partial charge in [0, 0.05) is 12.1 Å². The Bertz CT molecular complexity index is 584. The van der Waals surface area contributed by atoms with E-state index in [1.54, 1.807) is 13.8 Å². The molecule has 1 atom stereocenters. The molecule has 0 aliphatic heterocycles. The number of nitrogens with one attached hydrogen (secondary N) is 1. The molecule has 1 aromatic rings. The van der Waals surface area contributed by atoms with Gasteiger partial charge in [-0.05, 0) is 50.3 Å². The third-order valence-electron chi connectivity index (χ3n) is 3.65. The van der Waals surface area contributed by atoms with Crippen molar-refractivity contribution in [2.24, 2.45) is 11.7 Å². The molecule has 1 saturated carbocycles. The van der Waals surface area contributed by atoms with Crippen LogP contribution in [-0.4, -0.2) is 20.5 Å². The summed E-state index contributed by atoms with van der Waals surface area (Å²) in [5.74, 6) is -0.506. The molecule has 0 aromatic heterocycles. The molecule has 0 bridgehead atoms. The lowest BCUT2D eigenvalue weighted by Gasteiger charge is -2.29. The van der Waals surface area contributed by atoms with Crippen molar-refractivity contribution in [2.75, 3.05) is 6.54 Å². The molecule has 2 rings (SSSR count). The molecule has 1 aliphatic rings. The van der Waals surface area contributed by atoms with Crippen LogP contribution in [0.2, 0.25) is 0 Å². The van der Waals surface area contributed by atoms with Crippen LogP contribution in [0.25, 0.3) is 0 Å². The van der Waals surface area contributed by atoms with Crippen LogP contribution in [0.4, 0.5) is 4.39 Å². The first-order valence-corrected chi connectivity index (χ1v) is 7.77. The second-order valence-electron chi connectivity index (χ2n) is 5.44. The van der Waals surface area contributed by atoms with Crippen molar-refractivity contribution in [3.8, 4) is 0 Å². The summed E-state index contributed by atoms with van der Waals surface area (Å²) in [7, 11) is -3.89. The zero-order valence-electron chi connectivity index (χ0n) is 11.1. The number of aryl methyl sites for hydroxylation is 1. The van der Waals surface area contributed by atoms with E-state index in [4.69, 9.17) is 5.73 Å². The van der Waals surface area contributed by atoms with Gasteiger partial charge in [0.1, 0.15) is 10.7 Å². The summed E-state index contributed by atoms with van der Waals surface area (Å²) in [6, 6.07) is 4.04. The molecule has 0 unspecified atom stereocenters. The minimum Gasteiger partial charge on any atom is -0.329 e. The summed E-state index contributed by atoms with van der Waals surface area (Å²) in [6.07, 6.45) is 1.90. The van der Waals surface area contributed by atoms with E-state index in [0.29, 0.717) is 5.56 Å². The summed E-state index contributed by atoms with van der Waals surface area (Å²) in [5.41, 5.74) is 5.68. The lowest BCUT2D eigenvalue weighted by atomic mass is 9.98. The van der Waals surface area contributed by atoms with E-state index in [2.05, 4.69) is 4.72 Å². The molecule has 3 N–H and O–H groups in total. The van der Waals surface area contributed by atoms with Gasteiger partial charge in [-0.3, -0.25) is 0 Å². The van der Waals surface area contributed by atoms with Gasteiger partial charge in [-0.2, -0.15) is 0 Å². The van der Waals surface area contributed by atoms with Crippen LogP contribution < -0.4 is 10.5 Å². The van der Waals surface area contributed by atoms with Crippen LogP contribution in [0, 0.1) is 18.7 Å². The van der Waals surface area contributed by atoms with Crippen molar-refractivity contribution in [3.63, 3.8) is 0 Å². The maximum atomic E-state index is 13.7. The second kappa shape index (κ2) is 4.85. The summed E-state index contributed by atoms with van der Waals surface area (Å²) in [4.78, 5) is -0.312. The number of sulfonamides is 1. The molecular formula is C13H19FN2O2S. The summed E-state index contributed by atoms with van der Waals surface area (Å²) < 4.78 is 40.9. The number of halogens is 1. The fourth-order valence-electron chi connectivity index (χ4n) is 2.19. The predicted octanol–water partition coefficient (Wildman–Crippen LogP) is 1.54. The van der Waals surface area contributed by atoms with Crippen molar-refractivity contribution >= 4 is 10.0 Å². The summed E-state index contributed by atoms with van der Waals surface area (Å²) >= 11 is 0. The Morgan fingerprint density at radius 1 is 1.47 bits per heavy atom. The zero-order chi connectivity index (χ0) is 14.3. The third-order valence-corrected chi connectivity index (χ3v) is 5.27. The molecule has 1 fully saturated rings. The molecule has 6 heteroatoms. The molecule has 1 aromatic carbocycles. The highest BCUT2D eigenvalue weighted by Crippen LogP contribution is 2.39. The van der Waals surface area contributed by atoms with Crippen molar-refractivity contribution in [1.82, 2.24) is 4.72 Å². The monoisotopic (exact) mass is 286 g/mol. The van der Waals surface area contributed by atoms with Crippen molar-refractivity contribution < 1.29 is 12.8 Å². The SMILES string of the molecule is Cc1ccc(F)c(S(=O)(=O)N[C@](C)(CN)C2CC2)c1. The van der Waals surface area contributed by atoms with E-state index in [0.717, 1.165) is 12.8 Å².